The maximum absolute atomic E-state index is 14.6. The fourth-order valence-electron chi connectivity index (χ4n) is 6.24. The maximum atomic E-state index is 14.6. The van der Waals surface area contributed by atoms with E-state index in [1.165, 1.54) is 0 Å². The van der Waals surface area contributed by atoms with Crippen LogP contribution in [0.2, 0.25) is 0 Å². The van der Waals surface area contributed by atoms with Gasteiger partial charge in [0.25, 0.3) is 17.7 Å². The number of aromatic nitrogens is 2. The van der Waals surface area contributed by atoms with E-state index in [2.05, 4.69) is 27.9 Å². The summed E-state index contributed by atoms with van der Waals surface area (Å²) in [4.78, 5) is 45.1. The Balaban J connectivity index is 1.37. The summed E-state index contributed by atoms with van der Waals surface area (Å²) < 4.78 is 10.1. The highest BCUT2D eigenvalue weighted by Crippen LogP contribution is 2.33. The van der Waals surface area contributed by atoms with Gasteiger partial charge in [0.1, 0.15) is 11.4 Å². The molecule has 6 rings (SSSR count). The Hall–Kier alpha value is -4.94. The average molecular weight is 680 g/mol. The van der Waals surface area contributed by atoms with Crippen LogP contribution in [0.4, 0.5) is 17.1 Å². The van der Waals surface area contributed by atoms with Crippen LogP contribution in [0.3, 0.4) is 0 Å². The molecule has 1 atom stereocenters. The van der Waals surface area contributed by atoms with Crippen LogP contribution < -0.4 is 5.32 Å². The second kappa shape index (κ2) is 15.1. The highest BCUT2D eigenvalue weighted by Gasteiger charge is 2.32. The number of aliphatic hydroxyl groups excluding tert-OH is 1. The molecule has 49 heavy (non-hydrogen) atoms. The third kappa shape index (κ3) is 7.25. The molecular formula is C37H41N7O4S. The predicted molar refractivity (Wildman–Crippen MR) is 191 cm³/mol. The topological polar surface area (TPSA) is 132 Å². The molecule has 0 bridgehead atoms. The zero-order valence-corrected chi connectivity index (χ0v) is 28.9. The number of fused-ring (bicyclic) bond motifs is 2. The lowest BCUT2D eigenvalue weighted by Gasteiger charge is -2.36. The first-order valence-corrected chi connectivity index (χ1v) is 17.6. The van der Waals surface area contributed by atoms with E-state index in [9.17, 15) is 19.5 Å². The largest absolute Gasteiger partial charge is 0.394 e. The van der Waals surface area contributed by atoms with Crippen molar-refractivity contribution in [3.63, 3.8) is 0 Å². The van der Waals surface area contributed by atoms with Gasteiger partial charge < -0.3 is 20.2 Å². The van der Waals surface area contributed by atoms with Crippen molar-refractivity contribution in [1.29, 1.82) is 0 Å². The zero-order chi connectivity index (χ0) is 34.5. The van der Waals surface area contributed by atoms with E-state index >= 15 is 0 Å². The normalized spacial score (nSPS) is 14.6. The number of aryl methyl sites for hydroxylation is 1. The standard InChI is InChI=1S/C37H41N7O4S/c1-4-6-16-42(17-7-5-2)37(48)33-18-24(3)44(39-33)34-15-13-28(38-35(46)26-12-14-31-32(20-26)41-49-40-31)21-30(34)36(47)43-22-27-11-9-8-10-25(27)19-29(43)23-45/h8-15,18,20-21,29,45H,4-7,16-17,19,22-23H2,1-3H3,(H,38,46)/t29-/m0/s1. The van der Waals surface area contributed by atoms with Gasteiger partial charge in [-0.05, 0) is 79.8 Å². The van der Waals surface area contributed by atoms with Crippen LogP contribution in [0.25, 0.3) is 5.69 Å². The Morgan fingerprint density at radius 2 is 1.67 bits per heavy atom. The Morgan fingerprint density at radius 3 is 2.41 bits per heavy atom. The minimum Gasteiger partial charge on any atom is -0.394 e. The highest BCUT2D eigenvalue weighted by atomic mass is 32.1. The Morgan fingerprint density at radius 1 is 0.939 bits per heavy atom. The number of carbonyl (C=O) groups is 3. The minimum atomic E-state index is -0.437. The molecule has 0 spiro atoms. The molecule has 0 unspecified atom stereocenters. The van der Waals surface area contributed by atoms with Crippen LogP contribution >= 0.6 is 0 Å². The summed E-state index contributed by atoms with van der Waals surface area (Å²) in [6, 6.07) is 19.5. The van der Waals surface area contributed by atoms with Gasteiger partial charge in [-0.3, -0.25) is 14.4 Å². The van der Waals surface area contributed by atoms with Gasteiger partial charge in [0.05, 0.1) is 35.3 Å². The third-order valence-electron chi connectivity index (χ3n) is 9.01. The fourth-order valence-corrected chi connectivity index (χ4v) is 6.75. The first kappa shape index (κ1) is 33.9. The molecule has 0 saturated carbocycles. The smallest absolute Gasteiger partial charge is 0.274 e. The number of nitrogens with one attached hydrogen (secondary N) is 1. The molecule has 3 heterocycles. The number of anilines is 1. The van der Waals surface area contributed by atoms with Gasteiger partial charge in [0.2, 0.25) is 0 Å². The number of carbonyl (C=O) groups excluding carboxylic acids is 3. The first-order valence-electron chi connectivity index (χ1n) is 16.8. The van der Waals surface area contributed by atoms with E-state index in [0.717, 1.165) is 48.2 Å². The molecule has 1 aromatic heterocycles. The van der Waals surface area contributed by atoms with Crippen LogP contribution in [0.5, 0.6) is 0 Å². The monoisotopic (exact) mass is 679 g/mol. The number of rotatable bonds is 12. The van der Waals surface area contributed by atoms with Crippen LogP contribution in [0, 0.1) is 6.92 Å². The molecule has 12 heteroatoms. The lowest BCUT2D eigenvalue weighted by Crippen LogP contribution is -2.46. The number of amides is 3. The van der Waals surface area contributed by atoms with Gasteiger partial charge in [-0.2, -0.15) is 13.8 Å². The highest BCUT2D eigenvalue weighted by molar-refractivity contribution is 7.58. The summed E-state index contributed by atoms with van der Waals surface area (Å²) in [7, 11) is 0. The van der Waals surface area contributed by atoms with E-state index in [0.29, 0.717) is 65.8 Å². The van der Waals surface area contributed by atoms with Gasteiger partial charge >= 0.3 is 0 Å². The van der Waals surface area contributed by atoms with Crippen molar-refractivity contribution in [2.45, 2.75) is 65.5 Å². The lowest BCUT2D eigenvalue weighted by molar-refractivity contribution is 0.0544. The quantitative estimate of drug-likeness (QED) is 0.150. The van der Waals surface area contributed by atoms with E-state index in [4.69, 9.17) is 5.10 Å². The average Bonchev–Trinajstić information content (AvgIpc) is 3.76. The van der Waals surface area contributed by atoms with Crippen LogP contribution in [-0.4, -0.2) is 68.1 Å². The SMILES string of the molecule is CCCCN(CCCC)C(=O)c1cc(C)n(-c2ccc(NC(=O)c3ccc4c(c3)N=S=N4)cc2C(=O)N2Cc3ccccc3C[C@H]2CO)n1. The van der Waals surface area contributed by atoms with E-state index in [1.54, 1.807) is 52.0 Å². The number of unbranched alkanes of at least 4 members (excludes halogenated alkanes) is 2. The summed E-state index contributed by atoms with van der Waals surface area (Å²) in [5, 5.41) is 18.1. The molecule has 2 aliphatic heterocycles. The first-order chi connectivity index (χ1) is 23.8. The fraction of sp³-hybridized carbons (Fsp3) is 0.351. The molecular weight excluding hydrogens is 639 g/mol. The summed E-state index contributed by atoms with van der Waals surface area (Å²) in [5.41, 5.74) is 6.04. The van der Waals surface area contributed by atoms with E-state index in [1.807, 2.05) is 36.1 Å². The molecule has 2 aliphatic rings. The summed E-state index contributed by atoms with van der Waals surface area (Å²) in [5.74, 6) is -0.811. The van der Waals surface area contributed by atoms with Gasteiger partial charge in [-0.15, -0.1) is 0 Å². The van der Waals surface area contributed by atoms with Gasteiger partial charge in [0, 0.05) is 36.6 Å². The lowest BCUT2D eigenvalue weighted by atomic mass is 9.93. The molecule has 0 saturated heterocycles. The summed E-state index contributed by atoms with van der Waals surface area (Å²) in [6.07, 6.45) is 4.28. The van der Waals surface area contributed by atoms with Crippen LogP contribution in [0.15, 0.2) is 75.5 Å². The van der Waals surface area contributed by atoms with Crippen LogP contribution in [-0.2, 0) is 24.3 Å². The molecule has 0 aliphatic carbocycles. The molecule has 11 nitrogen and oxygen atoms in total. The van der Waals surface area contributed by atoms with Crippen molar-refractivity contribution in [3.05, 3.63) is 100 Å². The number of hydrogen-bond acceptors (Lipinski definition) is 7. The molecule has 3 aromatic carbocycles. The molecule has 3 amide bonds. The summed E-state index contributed by atoms with van der Waals surface area (Å²) >= 11 is 1.08. The predicted octanol–water partition coefficient (Wildman–Crippen LogP) is 6.76. The van der Waals surface area contributed by atoms with Gasteiger partial charge in [0.15, 0.2) is 5.69 Å². The number of nitrogens with zero attached hydrogens (tertiary/aromatic N) is 6. The summed E-state index contributed by atoms with van der Waals surface area (Å²) in [6.45, 7) is 7.49. The molecule has 0 radical (unpaired) electrons. The van der Waals surface area contributed by atoms with Crippen molar-refractivity contribution in [1.82, 2.24) is 19.6 Å². The van der Waals surface area contributed by atoms with Gasteiger partial charge in [-0.25, -0.2) is 4.68 Å². The Kier molecular flexibility index (Phi) is 10.4. The number of hydrogen-bond donors (Lipinski definition) is 2. The maximum Gasteiger partial charge on any atom is 0.274 e. The third-order valence-corrected chi connectivity index (χ3v) is 9.57. The zero-order valence-electron chi connectivity index (χ0n) is 28.1. The molecule has 0 fully saturated rings. The Bertz CT molecular complexity index is 1960. The number of aliphatic hydroxyl groups is 1. The molecule has 4 aromatic rings. The number of benzene rings is 3. The Labute approximate surface area is 289 Å². The van der Waals surface area contributed by atoms with Crippen molar-refractivity contribution in [2.75, 3.05) is 25.0 Å². The van der Waals surface area contributed by atoms with E-state index < -0.39 is 6.04 Å². The minimum absolute atomic E-state index is 0.138. The van der Waals surface area contributed by atoms with Crippen LogP contribution in [0.1, 0.15) is 87.6 Å². The molecule has 2 N–H and O–H groups in total. The van der Waals surface area contributed by atoms with E-state index in [-0.39, 0.29) is 29.9 Å². The molecule has 254 valence electrons. The second-order valence-corrected chi connectivity index (χ2v) is 13.0. The van der Waals surface area contributed by atoms with Crippen molar-refractivity contribution in [2.24, 2.45) is 8.73 Å². The second-order valence-electron chi connectivity index (χ2n) is 12.5. The van der Waals surface area contributed by atoms with Crippen molar-refractivity contribution >= 4 is 46.1 Å². The van der Waals surface area contributed by atoms with Gasteiger partial charge in [-0.1, -0.05) is 51.0 Å². The van der Waals surface area contributed by atoms with Crippen molar-refractivity contribution in [3.8, 4) is 5.69 Å². The van der Waals surface area contributed by atoms with Crippen molar-refractivity contribution < 1.29 is 19.5 Å².